The zero-order chi connectivity index (χ0) is 16.7. The maximum atomic E-state index is 10.5. The van der Waals surface area contributed by atoms with Crippen molar-refractivity contribution in [3.05, 3.63) is 66.6 Å². The summed E-state index contributed by atoms with van der Waals surface area (Å²) in [5.74, 6) is 0. The Bertz CT molecular complexity index is 646. The number of hydrogen-bond acceptors (Lipinski definition) is 3. The van der Waals surface area contributed by atoms with Gasteiger partial charge in [-0.05, 0) is 36.6 Å². The molecule has 2 aromatic carbocycles. The number of rotatable bonds is 3. The number of nitrogens with zero attached hydrogens (tertiary/aromatic N) is 1. The second kappa shape index (κ2) is 10.8. The normalized spacial score (nSPS) is 9.39. The van der Waals surface area contributed by atoms with Crippen LogP contribution in [0.1, 0.15) is 25.0 Å². The average molecular weight is 486 g/mol. The number of hydrogen-bond donors (Lipinski definition) is 1. The predicted octanol–water partition coefficient (Wildman–Crippen LogP) is 5.51. The van der Waals surface area contributed by atoms with Crippen LogP contribution in [0.4, 0.5) is 11.4 Å². The summed E-state index contributed by atoms with van der Waals surface area (Å²) >= 11 is 6.70. The summed E-state index contributed by atoms with van der Waals surface area (Å²) in [6.45, 7) is 3.99. The van der Waals surface area contributed by atoms with E-state index in [2.05, 4.69) is 38.8 Å². The zero-order valence-corrected chi connectivity index (χ0v) is 17.1. The van der Waals surface area contributed by atoms with Gasteiger partial charge in [-0.1, -0.05) is 57.8 Å². The van der Waals surface area contributed by atoms with E-state index in [-0.39, 0.29) is 27.7 Å². The van der Waals surface area contributed by atoms with Crippen LogP contribution in [0.3, 0.4) is 0 Å². The molecule has 0 aromatic heterocycles. The molecule has 2 N–H and O–H groups in total. The summed E-state index contributed by atoms with van der Waals surface area (Å²) in [4.78, 5) is 10.2. The van der Waals surface area contributed by atoms with Crippen molar-refractivity contribution in [2.45, 2.75) is 26.7 Å². The van der Waals surface area contributed by atoms with Crippen LogP contribution >= 0.6 is 31.9 Å². The molecule has 126 valence electrons. The molecule has 0 radical (unpaired) electrons. The first-order valence-electron chi connectivity index (χ1n) is 6.86. The van der Waals surface area contributed by atoms with Gasteiger partial charge >= 0.3 is 0 Å². The molecule has 0 spiro atoms. The number of nitro groups is 1. The Hall–Kier alpha value is -0.881. The number of nitrogen functional groups attached to an aromatic ring is 1. The molecule has 2 aromatic rings. The van der Waals surface area contributed by atoms with Crippen LogP contribution in [-0.2, 0) is 29.9 Å². The van der Waals surface area contributed by atoms with E-state index in [1.54, 1.807) is 6.07 Å². The van der Waals surface area contributed by atoms with Gasteiger partial charge in [0.05, 0.1) is 4.92 Å². The van der Waals surface area contributed by atoms with Crippen LogP contribution in [-0.4, -0.2) is 4.92 Å². The first-order chi connectivity index (χ1) is 10.4. The third-order valence-corrected chi connectivity index (χ3v) is 4.64. The number of nitro benzene ring substituents is 1. The third kappa shape index (κ3) is 6.26. The van der Waals surface area contributed by atoms with Gasteiger partial charge in [0.15, 0.2) is 0 Å². The SMILES string of the molecule is CCc1c(Br)cccc1[N+](=O)[O-].CCc1c(N)cccc1Br.[Fe]. The van der Waals surface area contributed by atoms with Gasteiger partial charge in [0.1, 0.15) is 0 Å². The van der Waals surface area contributed by atoms with Crippen LogP contribution < -0.4 is 5.73 Å². The van der Waals surface area contributed by atoms with Gasteiger partial charge < -0.3 is 5.73 Å². The summed E-state index contributed by atoms with van der Waals surface area (Å²) in [6, 6.07) is 10.9. The van der Waals surface area contributed by atoms with Crippen LogP contribution in [0.25, 0.3) is 0 Å². The molecule has 2 rings (SSSR count). The molecule has 0 unspecified atom stereocenters. The number of anilines is 1. The van der Waals surface area contributed by atoms with Crippen molar-refractivity contribution in [3.8, 4) is 0 Å². The minimum atomic E-state index is -0.358. The van der Waals surface area contributed by atoms with E-state index in [9.17, 15) is 10.1 Å². The molecule has 0 saturated carbocycles. The second-order valence-corrected chi connectivity index (χ2v) is 6.22. The van der Waals surface area contributed by atoms with Gasteiger partial charge in [-0.15, -0.1) is 0 Å². The molecular formula is C16H18Br2FeN2O2. The predicted molar refractivity (Wildman–Crippen MR) is 98.1 cm³/mol. The first kappa shape index (κ1) is 22.1. The Labute approximate surface area is 163 Å². The van der Waals surface area contributed by atoms with Gasteiger partial charge in [0, 0.05) is 43.3 Å². The van der Waals surface area contributed by atoms with E-state index < -0.39 is 0 Å². The van der Waals surface area contributed by atoms with Crippen molar-refractivity contribution in [2.75, 3.05) is 5.73 Å². The van der Waals surface area contributed by atoms with E-state index in [1.807, 2.05) is 31.2 Å². The Balaban J connectivity index is 0.000000409. The number of halogens is 2. The minimum Gasteiger partial charge on any atom is -0.398 e. The quantitative estimate of drug-likeness (QED) is 0.270. The monoisotopic (exact) mass is 484 g/mol. The Kier molecular flexibility index (Phi) is 10.4. The van der Waals surface area contributed by atoms with Crippen LogP contribution in [0, 0.1) is 10.1 Å². The molecule has 0 aliphatic heterocycles. The van der Waals surface area contributed by atoms with E-state index in [0.717, 1.165) is 26.6 Å². The van der Waals surface area contributed by atoms with Crippen molar-refractivity contribution in [2.24, 2.45) is 0 Å². The van der Waals surface area contributed by atoms with E-state index in [0.29, 0.717) is 6.42 Å². The molecular weight excluding hydrogens is 468 g/mol. The van der Waals surface area contributed by atoms with Crippen molar-refractivity contribution in [1.29, 1.82) is 0 Å². The largest absolute Gasteiger partial charge is 0.398 e. The van der Waals surface area contributed by atoms with E-state index >= 15 is 0 Å². The fraction of sp³-hybridized carbons (Fsp3) is 0.250. The molecule has 0 amide bonds. The maximum absolute atomic E-state index is 10.5. The molecule has 0 aliphatic rings. The first-order valence-corrected chi connectivity index (χ1v) is 8.45. The number of benzene rings is 2. The van der Waals surface area contributed by atoms with Crippen molar-refractivity contribution >= 4 is 43.2 Å². The summed E-state index contributed by atoms with van der Waals surface area (Å²) in [6.07, 6.45) is 1.64. The average Bonchev–Trinajstić information content (AvgIpc) is 2.47. The molecule has 7 heteroatoms. The molecule has 0 heterocycles. The second-order valence-electron chi connectivity index (χ2n) is 4.51. The summed E-state index contributed by atoms with van der Waals surface area (Å²) in [7, 11) is 0. The molecule has 23 heavy (non-hydrogen) atoms. The minimum absolute atomic E-state index is 0. The summed E-state index contributed by atoms with van der Waals surface area (Å²) < 4.78 is 1.91. The fourth-order valence-corrected chi connectivity index (χ4v) is 3.31. The molecule has 0 bridgehead atoms. The van der Waals surface area contributed by atoms with Gasteiger partial charge in [-0.3, -0.25) is 10.1 Å². The fourth-order valence-electron chi connectivity index (χ4n) is 2.02. The van der Waals surface area contributed by atoms with Crippen molar-refractivity contribution in [3.63, 3.8) is 0 Å². The maximum Gasteiger partial charge on any atom is 0.273 e. The van der Waals surface area contributed by atoms with Crippen molar-refractivity contribution in [1.82, 2.24) is 0 Å². The van der Waals surface area contributed by atoms with E-state index in [4.69, 9.17) is 5.73 Å². The number of nitrogens with two attached hydrogens (primary N) is 1. The standard InChI is InChI=1S/C8H8BrNO2.C8H10BrN.Fe/c1-2-6-7(9)4-3-5-8(6)10(11)12;1-2-6-7(9)4-3-5-8(6)10;/h3-5H,2H2,1H3;3-5H,2,10H2,1H3;. The van der Waals surface area contributed by atoms with Gasteiger partial charge in [0.25, 0.3) is 5.69 Å². The Morgan fingerprint density at radius 2 is 1.48 bits per heavy atom. The third-order valence-electron chi connectivity index (χ3n) is 3.15. The Morgan fingerprint density at radius 3 is 1.83 bits per heavy atom. The van der Waals surface area contributed by atoms with Crippen molar-refractivity contribution < 1.29 is 22.0 Å². The molecule has 0 aliphatic carbocycles. The molecule has 4 nitrogen and oxygen atoms in total. The molecule has 0 fully saturated rings. The Morgan fingerprint density at radius 1 is 1.00 bits per heavy atom. The van der Waals surface area contributed by atoms with Gasteiger partial charge in [-0.25, -0.2) is 0 Å². The van der Waals surface area contributed by atoms with Crippen LogP contribution in [0.2, 0.25) is 0 Å². The zero-order valence-electron chi connectivity index (χ0n) is 12.8. The summed E-state index contributed by atoms with van der Waals surface area (Å²) in [5.41, 5.74) is 8.71. The smallest absolute Gasteiger partial charge is 0.273 e. The van der Waals surface area contributed by atoms with Gasteiger partial charge in [0.2, 0.25) is 0 Å². The topological polar surface area (TPSA) is 69.2 Å². The molecule has 0 atom stereocenters. The van der Waals surface area contributed by atoms with E-state index in [1.165, 1.54) is 11.6 Å². The molecule has 0 saturated heterocycles. The van der Waals surface area contributed by atoms with Crippen LogP contribution in [0.5, 0.6) is 0 Å². The van der Waals surface area contributed by atoms with Crippen LogP contribution in [0.15, 0.2) is 45.3 Å². The summed E-state index contributed by atoms with van der Waals surface area (Å²) in [5, 5.41) is 10.5. The van der Waals surface area contributed by atoms with Gasteiger partial charge in [-0.2, -0.15) is 0 Å².